The van der Waals surface area contributed by atoms with Crippen LogP contribution >= 0.6 is 0 Å². The monoisotopic (exact) mass is 229 g/mol. The normalized spacial score (nSPS) is 16.7. The summed E-state index contributed by atoms with van der Waals surface area (Å²) in [4.78, 5) is 5.60. The first-order valence-corrected chi connectivity index (χ1v) is 6.26. The maximum Gasteiger partial charge on any atom is 0.121 e. The van der Waals surface area contributed by atoms with Crippen LogP contribution in [0, 0.1) is 6.07 Å². The number of benzene rings is 1. The molecule has 0 atom stereocenters. The van der Waals surface area contributed by atoms with E-state index in [-0.39, 0.29) is 0 Å². The molecule has 0 aliphatic carbocycles. The van der Waals surface area contributed by atoms with Gasteiger partial charge in [-0.15, -0.1) is 0 Å². The highest BCUT2D eigenvalue weighted by Gasteiger charge is 2.10. The molecule has 1 saturated heterocycles. The quantitative estimate of drug-likeness (QED) is 0.872. The second kappa shape index (κ2) is 4.80. The number of hydrogen-bond donors (Lipinski definition) is 1. The van der Waals surface area contributed by atoms with Gasteiger partial charge < -0.3 is 9.72 Å². The first kappa shape index (κ1) is 10.7. The zero-order valence-corrected chi connectivity index (χ0v) is 9.91. The maximum absolute atomic E-state index is 5.77. The fraction of sp³-hybridized carbons (Fsp3) is 0.429. The van der Waals surface area contributed by atoms with Crippen molar-refractivity contribution in [2.75, 3.05) is 26.2 Å². The van der Waals surface area contributed by atoms with Gasteiger partial charge in [0.05, 0.1) is 0 Å². The molecule has 2 heterocycles. The largest absolute Gasteiger partial charge is 0.492 e. The molecule has 1 aromatic heterocycles. The lowest BCUT2D eigenvalue weighted by Crippen LogP contribution is -2.25. The van der Waals surface area contributed by atoms with Crippen molar-refractivity contribution < 1.29 is 4.74 Å². The number of ether oxygens (including phenoxy) is 1. The Balaban J connectivity index is 1.56. The summed E-state index contributed by atoms with van der Waals surface area (Å²) in [6, 6.07) is 9.22. The van der Waals surface area contributed by atoms with Crippen LogP contribution < -0.4 is 4.74 Å². The third-order valence-electron chi connectivity index (χ3n) is 3.32. The van der Waals surface area contributed by atoms with Gasteiger partial charge in [0, 0.05) is 35.8 Å². The molecule has 3 nitrogen and oxygen atoms in total. The molecular formula is C14H17N2O. The molecule has 0 amide bonds. The summed E-state index contributed by atoms with van der Waals surface area (Å²) in [5, 5.41) is 1.11. The highest BCUT2D eigenvalue weighted by atomic mass is 16.5. The highest BCUT2D eigenvalue weighted by molar-refractivity contribution is 5.79. The lowest BCUT2D eigenvalue weighted by molar-refractivity contribution is 0.238. The van der Waals surface area contributed by atoms with Gasteiger partial charge in [-0.1, -0.05) is 0 Å². The fourth-order valence-electron chi connectivity index (χ4n) is 2.35. The van der Waals surface area contributed by atoms with Gasteiger partial charge in [0.15, 0.2) is 0 Å². The zero-order valence-electron chi connectivity index (χ0n) is 9.91. The number of hydrogen-bond acceptors (Lipinski definition) is 2. The average molecular weight is 229 g/mol. The average Bonchev–Trinajstić information content (AvgIpc) is 2.98. The molecular weight excluding hydrogens is 212 g/mol. The topological polar surface area (TPSA) is 28.3 Å². The van der Waals surface area contributed by atoms with Crippen LogP contribution in [-0.2, 0) is 0 Å². The molecule has 1 fully saturated rings. The van der Waals surface area contributed by atoms with Gasteiger partial charge in [0.25, 0.3) is 0 Å². The number of fused-ring (bicyclic) bond motifs is 1. The van der Waals surface area contributed by atoms with Crippen molar-refractivity contribution in [2.24, 2.45) is 0 Å². The zero-order chi connectivity index (χ0) is 11.5. The van der Waals surface area contributed by atoms with Crippen molar-refractivity contribution in [3.05, 3.63) is 30.5 Å². The molecule has 0 saturated carbocycles. The Morgan fingerprint density at radius 1 is 1.29 bits per heavy atom. The summed E-state index contributed by atoms with van der Waals surface area (Å²) in [7, 11) is 0. The number of aromatic amines is 1. The summed E-state index contributed by atoms with van der Waals surface area (Å²) >= 11 is 0. The van der Waals surface area contributed by atoms with Crippen molar-refractivity contribution in [3.8, 4) is 5.75 Å². The summed E-state index contributed by atoms with van der Waals surface area (Å²) in [6.07, 6.45) is 4.51. The molecule has 3 heteroatoms. The van der Waals surface area contributed by atoms with Crippen LogP contribution in [0.1, 0.15) is 12.8 Å². The van der Waals surface area contributed by atoms with E-state index in [9.17, 15) is 0 Å². The summed E-state index contributed by atoms with van der Waals surface area (Å²) in [5.74, 6) is 0.938. The van der Waals surface area contributed by atoms with Gasteiger partial charge in [-0.25, -0.2) is 0 Å². The van der Waals surface area contributed by atoms with Crippen molar-refractivity contribution in [3.63, 3.8) is 0 Å². The van der Waals surface area contributed by atoms with Gasteiger partial charge in [0.2, 0.25) is 0 Å². The van der Waals surface area contributed by atoms with E-state index in [0.29, 0.717) is 0 Å². The summed E-state index contributed by atoms with van der Waals surface area (Å²) in [6.45, 7) is 4.27. The third-order valence-corrected chi connectivity index (χ3v) is 3.32. The minimum Gasteiger partial charge on any atom is -0.492 e. The molecule has 1 aromatic carbocycles. The Kier molecular flexibility index (Phi) is 3.01. The Bertz CT molecular complexity index is 486. The van der Waals surface area contributed by atoms with E-state index in [1.54, 1.807) is 0 Å². The smallest absolute Gasteiger partial charge is 0.121 e. The summed E-state index contributed by atoms with van der Waals surface area (Å²) in [5.41, 5.74) is 1.09. The fourth-order valence-corrected chi connectivity index (χ4v) is 2.35. The van der Waals surface area contributed by atoms with Crippen LogP contribution in [0.25, 0.3) is 10.9 Å². The predicted molar refractivity (Wildman–Crippen MR) is 68.3 cm³/mol. The second-order valence-electron chi connectivity index (χ2n) is 4.54. The standard InChI is InChI=1S/C14H17N2O/c1-2-8-16(7-1)9-10-17-13-4-3-12-5-6-15-14(12)11-13/h3-4,6,11,15H,1-2,7-10H2. The highest BCUT2D eigenvalue weighted by Crippen LogP contribution is 2.19. The molecule has 1 radical (unpaired) electrons. The Labute approximate surface area is 101 Å². The molecule has 1 N–H and O–H groups in total. The molecule has 3 rings (SSSR count). The van der Waals surface area contributed by atoms with Crippen LogP contribution in [0.15, 0.2) is 24.4 Å². The van der Waals surface area contributed by atoms with E-state index in [1.807, 2.05) is 24.4 Å². The molecule has 1 aliphatic rings. The third kappa shape index (κ3) is 2.44. The van der Waals surface area contributed by atoms with Crippen LogP contribution in [0.5, 0.6) is 5.75 Å². The molecule has 17 heavy (non-hydrogen) atoms. The van der Waals surface area contributed by atoms with Crippen LogP contribution in [0.3, 0.4) is 0 Å². The van der Waals surface area contributed by atoms with E-state index >= 15 is 0 Å². The Morgan fingerprint density at radius 2 is 2.18 bits per heavy atom. The minimum absolute atomic E-state index is 0.774. The van der Waals surface area contributed by atoms with Crippen molar-refractivity contribution >= 4 is 10.9 Å². The molecule has 1 aliphatic heterocycles. The SMILES string of the molecule is [c]1c[nH]c2cc(OCCN3CCCC3)ccc12. The number of aromatic nitrogens is 1. The molecule has 2 aromatic rings. The van der Waals surface area contributed by atoms with Gasteiger partial charge in [0.1, 0.15) is 12.4 Å². The van der Waals surface area contributed by atoms with Crippen LogP contribution in [0.2, 0.25) is 0 Å². The van der Waals surface area contributed by atoms with E-state index in [2.05, 4.69) is 16.0 Å². The van der Waals surface area contributed by atoms with Gasteiger partial charge >= 0.3 is 0 Å². The van der Waals surface area contributed by atoms with E-state index in [0.717, 1.165) is 29.8 Å². The van der Waals surface area contributed by atoms with Gasteiger partial charge in [-0.2, -0.15) is 0 Å². The second-order valence-corrected chi connectivity index (χ2v) is 4.54. The number of H-pyrrole nitrogens is 1. The number of nitrogens with zero attached hydrogens (tertiary/aromatic N) is 1. The van der Waals surface area contributed by atoms with E-state index in [1.165, 1.54) is 25.9 Å². The van der Waals surface area contributed by atoms with Gasteiger partial charge in [-0.05, 0) is 38.1 Å². The molecule has 89 valence electrons. The molecule has 0 unspecified atom stereocenters. The van der Waals surface area contributed by atoms with Crippen LogP contribution in [-0.4, -0.2) is 36.1 Å². The van der Waals surface area contributed by atoms with E-state index < -0.39 is 0 Å². The lowest BCUT2D eigenvalue weighted by atomic mass is 10.2. The van der Waals surface area contributed by atoms with Crippen molar-refractivity contribution in [1.29, 1.82) is 0 Å². The van der Waals surface area contributed by atoms with Crippen molar-refractivity contribution in [2.45, 2.75) is 12.8 Å². The number of likely N-dealkylation sites (tertiary alicyclic amines) is 1. The Morgan fingerprint density at radius 3 is 3.06 bits per heavy atom. The lowest BCUT2D eigenvalue weighted by Gasteiger charge is -2.14. The van der Waals surface area contributed by atoms with Crippen molar-refractivity contribution in [1.82, 2.24) is 9.88 Å². The molecule has 0 bridgehead atoms. The van der Waals surface area contributed by atoms with Crippen LogP contribution in [0.4, 0.5) is 0 Å². The minimum atomic E-state index is 0.774. The predicted octanol–water partition coefficient (Wildman–Crippen LogP) is 2.44. The number of rotatable bonds is 4. The maximum atomic E-state index is 5.77. The first-order chi connectivity index (χ1) is 8.42. The first-order valence-electron chi connectivity index (χ1n) is 6.26. The Hall–Kier alpha value is -1.48. The van der Waals surface area contributed by atoms with Gasteiger partial charge in [-0.3, -0.25) is 4.90 Å². The molecule has 0 spiro atoms. The van der Waals surface area contributed by atoms with E-state index in [4.69, 9.17) is 4.74 Å². The summed E-state index contributed by atoms with van der Waals surface area (Å²) < 4.78 is 5.77. The number of nitrogens with one attached hydrogen (secondary N) is 1.